The third-order valence-electron chi connectivity index (χ3n) is 7.08. The summed E-state index contributed by atoms with van der Waals surface area (Å²) in [5.74, 6) is -2.16. The van der Waals surface area contributed by atoms with Crippen LogP contribution in [-0.2, 0) is 14.8 Å². The van der Waals surface area contributed by atoms with Gasteiger partial charge >= 0.3 is 0 Å². The summed E-state index contributed by atoms with van der Waals surface area (Å²) in [7, 11) is -2.52. The van der Waals surface area contributed by atoms with Crippen molar-refractivity contribution in [1.82, 2.24) is 0 Å². The summed E-state index contributed by atoms with van der Waals surface area (Å²) in [4.78, 5) is 27.7. The Balaban J connectivity index is 1.62. The zero-order chi connectivity index (χ0) is 23.6. The molecule has 0 N–H and O–H groups in total. The number of fused-ring (bicyclic) bond motifs is 6. The summed E-state index contributed by atoms with van der Waals surface area (Å²) in [6.07, 6.45) is 1.18. The molecule has 4 atom stereocenters. The second-order valence-corrected chi connectivity index (χ2v) is 10.5. The highest BCUT2D eigenvalue weighted by molar-refractivity contribution is 7.93. The molecule has 34 heavy (non-hydrogen) atoms. The lowest BCUT2D eigenvalue weighted by molar-refractivity contribution is 0.0370. The van der Waals surface area contributed by atoms with Crippen molar-refractivity contribution in [3.8, 4) is 0 Å². The van der Waals surface area contributed by atoms with Crippen LogP contribution in [0.3, 0.4) is 0 Å². The molecule has 1 aliphatic heterocycles. The van der Waals surface area contributed by atoms with Gasteiger partial charge in [0.2, 0.25) is 0 Å². The molecular formula is C27H21NO5S. The summed E-state index contributed by atoms with van der Waals surface area (Å²) in [5.41, 5.74) is 2.62. The van der Waals surface area contributed by atoms with Gasteiger partial charge in [-0.05, 0) is 29.8 Å². The first kappa shape index (κ1) is 21.0. The van der Waals surface area contributed by atoms with Crippen LogP contribution in [0.5, 0.6) is 0 Å². The zero-order valence-corrected chi connectivity index (χ0v) is 19.1. The third-order valence-corrected chi connectivity index (χ3v) is 8.89. The van der Waals surface area contributed by atoms with Crippen LogP contribution in [-0.4, -0.2) is 39.2 Å². The van der Waals surface area contributed by atoms with Crippen LogP contribution >= 0.6 is 0 Å². The van der Waals surface area contributed by atoms with Gasteiger partial charge in [-0.15, -0.1) is 0 Å². The van der Waals surface area contributed by atoms with Crippen LogP contribution in [0.4, 0.5) is 5.69 Å². The van der Waals surface area contributed by atoms with E-state index < -0.39 is 34.0 Å². The van der Waals surface area contributed by atoms with Crippen LogP contribution in [0.1, 0.15) is 26.3 Å². The number of nitrogens with zero attached hydrogens (tertiary/aromatic N) is 1. The first-order chi connectivity index (χ1) is 16.4. The minimum absolute atomic E-state index is 0.131. The minimum atomic E-state index is -4.03. The van der Waals surface area contributed by atoms with Gasteiger partial charge in [-0.25, -0.2) is 8.42 Å². The van der Waals surface area contributed by atoms with Crippen molar-refractivity contribution < 1.29 is 22.7 Å². The number of methoxy groups -OCH3 is 1. The lowest BCUT2D eigenvalue weighted by Crippen LogP contribution is -2.56. The number of carbonyl (C=O) groups excluding carboxylic acids is 2. The smallest absolute Gasteiger partial charge is 0.264 e. The molecule has 0 amide bonds. The molecule has 6 rings (SSSR count). The molecule has 3 aromatic carbocycles. The summed E-state index contributed by atoms with van der Waals surface area (Å²) < 4.78 is 35.0. The Kier molecular flexibility index (Phi) is 4.62. The van der Waals surface area contributed by atoms with E-state index in [9.17, 15) is 18.0 Å². The fraction of sp³-hybridized carbons (Fsp3) is 0.185. The molecule has 0 radical (unpaired) electrons. The molecule has 2 aliphatic carbocycles. The number of hydrogen-bond donors (Lipinski definition) is 0. The number of Topliss-reactive ketones (excluding diaryl/α,β-unsaturated/α-hetero) is 2. The van der Waals surface area contributed by atoms with Crippen molar-refractivity contribution >= 4 is 32.9 Å². The first-order valence-corrected chi connectivity index (χ1v) is 12.5. The molecule has 3 aromatic rings. The Morgan fingerprint density at radius 3 is 1.94 bits per heavy atom. The van der Waals surface area contributed by atoms with E-state index in [1.165, 1.54) is 11.4 Å². The van der Waals surface area contributed by atoms with E-state index >= 15 is 0 Å². The third kappa shape index (κ3) is 2.74. The average Bonchev–Trinajstić information content (AvgIpc) is 3.21. The molecule has 0 fully saturated rings. The maximum atomic E-state index is 14.0. The largest absolute Gasteiger partial charge is 0.377 e. The summed E-state index contributed by atoms with van der Waals surface area (Å²) in [6.45, 7) is 0. The molecule has 0 saturated carbocycles. The quantitative estimate of drug-likeness (QED) is 0.577. The molecular weight excluding hydrogens is 450 g/mol. The molecule has 0 spiro atoms. The number of ether oxygens (including phenoxy) is 1. The standard InChI is InChI=1S/C27H21NO5S/c1-33-22-15-20-17-11-7-8-14-21(17)28(34(31,32)16-9-3-2-4-10-16)25(20)24-23(22)26(29)18-12-5-6-13-19(18)27(24)30/h2-15,22-25H,1H3/t22-,23-,24-,25+/m0/s1. The number of carbonyl (C=O) groups is 2. The van der Waals surface area contributed by atoms with E-state index in [0.717, 1.165) is 5.56 Å². The van der Waals surface area contributed by atoms with Crippen LogP contribution in [0.15, 0.2) is 89.8 Å². The van der Waals surface area contributed by atoms with Crippen LogP contribution in [0.2, 0.25) is 0 Å². The molecule has 0 saturated heterocycles. The van der Waals surface area contributed by atoms with Gasteiger partial charge < -0.3 is 4.74 Å². The second kappa shape index (κ2) is 7.48. The number of rotatable bonds is 3. The number of ketones is 2. The first-order valence-electron chi connectivity index (χ1n) is 11.1. The van der Waals surface area contributed by atoms with Crippen molar-refractivity contribution in [2.45, 2.75) is 17.0 Å². The van der Waals surface area contributed by atoms with Crippen LogP contribution in [0, 0.1) is 11.8 Å². The molecule has 6 nitrogen and oxygen atoms in total. The molecule has 3 aliphatic rings. The number of hydrogen-bond acceptors (Lipinski definition) is 5. The zero-order valence-electron chi connectivity index (χ0n) is 18.3. The van der Waals surface area contributed by atoms with Crippen molar-refractivity contribution in [3.63, 3.8) is 0 Å². The van der Waals surface area contributed by atoms with Gasteiger partial charge in [-0.3, -0.25) is 13.9 Å². The predicted octanol–water partition coefficient (Wildman–Crippen LogP) is 3.99. The van der Waals surface area contributed by atoms with Crippen molar-refractivity contribution in [3.05, 3.63) is 102 Å². The maximum Gasteiger partial charge on any atom is 0.264 e. The van der Waals surface area contributed by atoms with Gasteiger partial charge in [0, 0.05) is 23.8 Å². The monoisotopic (exact) mass is 471 g/mol. The Morgan fingerprint density at radius 2 is 1.29 bits per heavy atom. The van der Waals surface area contributed by atoms with Crippen molar-refractivity contribution in [2.75, 3.05) is 11.4 Å². The van der Waals surface area contributed by atoms with Crippen molar-refractivity contribution in [2.24, 2.45) is 11.8 Å². The van der Waals surface area contributed by atoms with E-state index in [0.29, 0.717) is 22.4 Å². The van der Waals surface area contributed by atoms with E-state index in [-0.39, 0.29) is 16.5 Å². The highest BCUT2D eigenvalue weighted by Crippen LogP contribution is 2.53. The molecule has 0 aromatic heterocycles. The van der Waals surface area contributed by atoms with Gasteiger partial charge in [0.25, 0.3) is 10.0 Å². The van der Waals surface area contributed by atoms with E-state index in [1.54, 1.807) is 66.7 Å². The summed E-state index contributed by atoms with van der Waals surface area (Å²) in [5, 5.41) is 0. The van der Waals surface area contributed by atoms with Crippen molar-refractivity contribution in [1.29, 1.82) is 0 Å². The lowest BCUT2D eigenvalue weighted by Gasteiger charge is -2.43. The number of benzene rings is 3. The van der Waals surface area contributed by atoms with Gasteiger partial charge in [-0.2, -0.15) is 0 Å². The normalized spacial score (nSPS) is 25.2. The number of sulfonamides is 1. The van der Waals surface area contributed by atoms with Gasteiger partial charge in [0.05, 0.1) is 34.6 Å². The van der Waals surface area contributed by atoms with Gasteiger partial charge in [0.15, 0.2) is 11.6 Å². The molecule has 0 unspecified atom stereocenters. The molecule has 7 heteroatoms. The van der Waals surface area contributed by atoms with E-state index in [1.807, 2.05) is 18.2 Å². The highest BCUT2D eigenvalue weighted by Gasteiger charge is 2.58. The molecule has 170 valence electrons. The Hall–Kier alpha value is -3.55. The molecule has 1 heterocycles. The summed E-state index contributed by atoms with van der Waals surface area (Å²) >= 11 is 0. The van der Waals surface area contributed by atoms with E-state index in [2.05, 4.69) is 0 Å². The van der Waals surface area contributed by atoms with E-state index in [4.69, 9.17) is 4.74 Å². The fourth-order valence-corrected chi connectivity index (χ4v) is 7.33. The van der Waals surface area contributed by atoms with Gasteiger partial charge in [0.1, 0.15) is 0 Å². The Morgan fingerprint density at radius 1 is 0.735 bits per heavy atom. The van der Waals surface area contributed by atoms with Gasteiger partial charge in [-0.1, -0.05) is 60.7 Å². The summed E-state index contributed by atoms with van der Waals surface area (Å²) in [6, 6.07) is 21.3. The second-order valence-electron chi connectivity index (χ2n) is 8.72. The highest BCUT2D eigenvalue weighted by atomic mass is 32.2. The van der Waals surface area contributed by atoms with Crippen LogP contribution < -0.4 is 4.31 Å². The topological polar surface area (TPSA) is 80.8 Å². The van der Waals surface area contributed by atoms with Crippen LogP contribution in [0.25, 0.3) is 5.57 Å². The number of anilines is 1. The SMILES string of the molecule is CO[C@H]1C=C2c3ccccc3N(S(=O)(=O)c3ccccc3)[C@H]2[C@H]2C(=O)c3ccccc3C(=O)[C@H]21. The minimum Gasteiger partial charge on any atom is -0.377 e. The number of para-hydroxylation sites is 1. The predicted molar refractivity (Wildman–Crippen MR) is 127 cm³/mol. The fourth-order valence-electron chi connectivity index (χ4n) is 5.64. The maximum absolute atomic E-state index is 14.0. The average molecular weight is 472 g/mol. The Labute approximate surface area is 197 Å². The Bertz CT molecular complexity index is 1480. The lowest BCUT2D eigenvalue weighted by atomic mass is 9.64. The molecule has 0 bridgehead atoms.